The van der Waals surface area contributed by atoms with E-state index in [4.69, 9.17) is 4.52 Å². The molecule has 1 aliphatic rings. The van der Waals surface area contributed by atoms with Crippen molar-refractivity contribution in [1.82, 2.24) is 15.0 Å². The first-order valence-corrected chi connectivity index (χ1v) is 8.48. The van der Waals surface area contributed by atoms with E-state index in [-0.39, 0.29) is 0 Å². The number of aromatic nitrogens is 2. The fourth-order valence-corrected chi connectivity index (χ4v) is 3.55. The monoisotopic (exact) mass is 309 g/mol. The molecule has 4 nitrogen and oxygen atoms in total. The molecule has 0 saturated carbocycles. The number of hydrogen-bond donors (Lipinski definition) is 1. The minimum absolute atomic E-state index is 0.351. The number of hydrogen-bond acceptors (Lipinski definition) is 3. The van der Waals surface area contributed by atoms with E-state index in [1.165, 1.54) is 22.9 Å². The Kier molecular flexibility index (Phi) is 3.69. The molecule has 120 valence electrons. The summed E-state index contributed by atoms with van der Waals surface area (Å²) in [6.45, 7) is 6.37. The maximum atomic E-state index is 5.65. The largest absolute Gasteiger partial charge is 0.361 e. The van der Waals surface area contributed by atoms with Crippen molar-refractivity contribution in [2.75, 3.05) is 6.54 Å². The summed E-state index contributed by atoms with van der Waals surface area (Å²) in [5.74, 6) is 1.43. The van der Waals surface area contributed by atoms with Gasteiger partial charge in [-0.2, -0.15) is 0 Å². The molecule has 3 aromatic rings. The number of rotatable bonds is 4. The van der Waals surface area contributed by atoms with Gasteiger partial charge in [0, 0.05) is 29.7 Å². The molecular weight excluding hydrogens is 286 g/mol. The summed E-state index contributed by atoms with van der Waals surface area (Å²) in [5, 5.41) is 5.55. The van der Waals surface area contributed by atoms with Gasteiger partial charge in [-0.25, -0.2) is 0 Å². The lowest BCUT2D eigenvalue weighted by Gasteiger charge is -2.21. The van der Waals surface area contributed by atoms with Gasteiger partial charge in [0.25, 0.3) is 0 Å². The predicted molar refractivity (Wildman–Crippen MR) is 91.3 cm³/mol. The number of H-pyrrole nitrogens is 1. The van der Waals surface area contributed by atoms with Crippen LogP contribution in [0.3, 0.4) is 0 Å². The number of nitrogens with one attached hydrogen (secondary N) is 1. The molecule has 0 radical (unpaired) electrons. The van der Waals surface area contributed by atoms with Crippen LogP contribution in [0.4, 0.5) is 0 Å². The fourth-order valence-electron chi connectivity index (χ4n) is 3.55. The Labute approximate surface area is 136 Å². The third-order valence-corrected chi connectivity index (χ3v) is 4.88. The van der Waals surface area contributed by atoms with Gasteiger partial charge in [0.15, 0.2) is 5.76 Å². The van der Waals surface area contributed by atoms with E-state index in [2.05, 4.69) is 65.4 Å². The van der Waals surface area contributed by atoms with Crippen LogP contribution in [0.25, 0.3) is 10.9 Å². The first-order chi connectivity index (χ1) is 11.2. The van der Waals surface area contributed by atoms with Crippen molar-refractivity contribution >= 4 is 10.9 Å². The van der Waals surface area contributed by atoms with E-state index < -0.39 is 0 Å². The van der Waals surface area contributed by atoms with Crippen LogP contribution in [0.5, 0.6) is 0 Å². The number of nitrogens with zero attached hydrogens (tertiary/aromatic N) is 2. The van der Waals surface area contributed by atoms with Crippen LogP contribution in [-0.4, -0.2) is 21.6 Å². The molecule has 1 aliphatic heterocycles. The minimum atomic E-state index is 0.351. The van der Waals surface area contributed by atoms with Crippen molar-refractivity contribution in [1.29, 1.82) is 0 Å². The molecule has 3 heterocycles. The van der Waals surface area contributed by atoms with Gasteiger partial charge < -0.3 is 9.51 Å². The molecule has 1 fully saturated rings. The van der Waals surface area contributed by atoms with Crippen LogP contribution in [0.2, 0.25) is 0 Å². The average molecular weight is 309 g/mol. The molecule has 1 saturated heterocycles. The highest BCUT2D eigenvalue weighted by molar-refractivity contribution is 5.82. The van der Waals surface area contributed by atoms with Gasteiger partial charge in [0.2, 0.25) is 0 Å². The lowest BCUT2D eigenvalue weighted by atomic mass is 10.1. The topological polar surface area (TPSA) is 45.1 Å². The number of aromatic amines is 1. The average Bonchev–Trinajstić information content (AvgIpc) is 3.26. The zero-order valence-electron chi connectivity index (χ0n) is 13.7. The molecule has 23 heavy (non-hydrogen) atoms. The Morgan fingerprint density at radius 2 is 2.22 bits per heavy atom. The minimum Gasteiger partial charge on any atom is -0.361 e. The van der Waals surface area contributed by atoms with Gasteiger partial charge in [-0.05, 0) is 36.9 Å². The third-order valence-electron chi connectivity index (χ3n) is 4.88. The van der Waals surface area contributed by atoms with Crippen molar-refractivity contribution in [2.45, 2.75) is 45.2 Å². The second kappa shape index (κ2) is 5.85. The molecule has 0 amide bonds. The molecule has 1 N–H and O–H groups in total. The van der Waals surface area contributed by atoms with Crippen molar-refractivity contribution in [3.8, 4) is 0 Å². The molecule has 1 aromatic carbocycles. The summed E-state index contributed by atoms with van der Waals surface area (Å²) in [4.78, 5) is 5.89. The molecule has 0 bridgehead atoms. The van der Waals surface area contributed by atoms with Gasteiger partial charge in [0.1, 0.15) is 0 Å². The Bertz CT molecular complexity index is 802. The van der Waals surface area contributed by atoms with E-state index in [1.54, 1.807) is 0 Å². The summed E-state index contributed by atoms with van der Waals surface area (Å²) >= 11 is 0. The van der Waals surface area contributed by atoms with Gasteiger partial charge >= 0.3 is 0 Å². The number of benzene rings is 1. The molecule has 0 spiro atoms. The van der Waals surface area contributed by atoms with Crippen LogP contribution in [0.15, 0.2) is 41.1 Å². The third kappa shape index (κ3) is 2.68. The van der Waals surface area contributed by atoms with Crippen LogP contribution in [0.1, 0.15) is 55.7 Å². The number of fused-ring (bicyclic) bond motifs is 1. The summed E-state index contributed by atoms with van der Waals surface area (Å²) in [5.41, 5.74) is 3.62. The van der Waals surface area contributed by atoms with Crippen molar-refractivity contribution in [3.05, 3.63) is 53.5 Å². The van der Waals surface area contributed by atoms with E-state index in [1.807, 2.05) is 0 Å². The maximum absolute atomic E-state index is 5.65. The summed E-state index contributed by atoms with van der Waals surface area (Å²) < 4.78 is 5.65. The molecular formula is C19H23N3O. The molecule has 2 aromatic heterocycles. The zero-order valence-corrected chi connectivity index (χ0v) is 13.7. The smallest absolute Gasteiger partial charge is 0.154 e. The Hall–Kier alpha value is -2.07. The van der Waals surface area contributed by atoms with Crippen molar-refractivity contribution in [3.63, 3.8) is 0 Å². The second-order valence-corrected chi connectivity index (χ2v) is 6.80. The van der Waals surface area contributed by atoms with Crippen molar-refractivity contribution < 1.29 is 4.52 Å². The van der Waals surface area contributed by atoms with Gasteiger partial charge in [-0.1, -0.05) is 37.2 Å². The van der Waals surface area contributed by atoms with Crippen LogP contribution in [0, 0.1) is 0 Å². The van der Waals surface area contributed by atoms with Crippen LogP contribution in [-0.2, 0) is 6.54 Å². The summed E-state index contributed by atoms with van der Waals surface area (Å²) in [6.07, 6.45) is 4.50. The Morgan fingerprint density at radius 3 is 3.04 bits per heavy atom. The molecule has 0 unspecified atom stereocenters. The van der Waals surface area contributed by atoms with Gasteiger partial charge in [0.05, 0.1) is 11.7 Å². The van der Waals surface area contributed by atoms with Crippen LogP contribution < -0.4 is 0 Å². The zero-order chi connectivity index (χ0) is 15.8. The van der Waals surface area contributed by atoms with Gasteiger partial charge in [-0.3, -0.25) is 4.90 Å². The van der Waals surface area contributed by atoms with Crippen molar-refractivity contribution in [2.24, 2.45) is 0 Å². The predicted octanol–water partition coefficient (Wildman–Crippen LogP) is 4.62. The van der Waals surface area contributed by atoms with E-state index in [9.17, 15) is 0 Å². The maximum Gasteiger partial charge on any atom is 0.154 e. The Morgan fingerprint density at radius 1 is 1.35 bits per heavy atom. The lowest BCUT2D eigenvalue weighted by molar-refractivity contribution is 0.207. The standard InChI is InChI=1S/C19H23N3O/c1-13(2)17-10-19(23-21-17)18-8-5-9-22(18)12-14-11-20-16-7-4-3-6-15(14)16/h3-4,6-7,10-11,13,18,20H,5,8-9,12H2,1-2H3/t18-/m0/s1. The molecule has 0 aliphatic carbocycles. The quantitative estimate of drug-likeness (QED) is 0.765. The SMILES string of the molecule is CC(C)c1cc([C@@H]2CCCN2Cc2c[nH]c3ccccc23)on1. The summed E-state index contributed by atoms with van der Waals surface area (Å²) in [6, 6.07) is 11.0. The Balaban J connectivity index is 1.58. The van der Waals surface area contributed by atoms with Crippen LogP contribution >= 0.6 is 0 Å². The molecule has 4 rings (SSSR count). The van der Waals surface area contributed by atoms with E-state index in [0.29, 0.717) is 12.0 Å². The normalized spacial score (nSPS) is 19.2. The fraction of sp³-hybridized carbons (Fsp3) is 0.421. The number of likely N-dealkylation sites (tertiary alicyclic amines) is 1. The van der Waals surface area contributed by atoms with E-state index in [0.717, 1.165) is 31.0 Å². The highest BCUT2D eigenvalue weighted by atomic mass is 16.5. The number of para-hydroxylation sites is 1. The highest BCUT2D eigenvalue weighted by Crippen LogP contribution is 2.35. The first kappa shape index (κ1) is 14.5. The summed E-state index contributed by atoms with van der Waals surface area (Å²) in [7, 11) is 0. The van der Waals surface area contributed by atoms with Gasteiger partial charge in [-0.15, -0.1) is 0 Å². The van der Waals surface area contributed by atoms with E-state index >= 15 is 0 Å². The lowest BCUT2D eigenvalue weighted by Crippen LogP contribution is -2.22. The molecule has 4 heteroatoms. The first-order valence-electron chi connectivity index (χ1n) is 8.48. The highest BCUT2D eigenvalue weighted by Gasteiger charge is 2.30. The molecule has 1 atom stereocenters. The second-order valence-electron chi connectivity index (χ2n) is 6.80.